The Hall–Kier alpha value is -1.00. The number of hydrogen-bond acceptors (Lipinski definition) is 2. The molecule has 18 heavy (non-hydrogen) atoms. The smallest absolute Gasteiger partial charge is 0.130 e. The molecule has 100 valence electrons. The molecule has 1 saturated carbocycles. The van der Waals surface area contributed by atoms with E-state index in [0.717, 1.165) is 13.1 Å². The lowest BCUT2D eigenvalue weighted by molar-refractivity contribution is 0.195. The van der Waals surface area contributed by atoms with Gasteiger partial charge in [0.05, 0.1) is 6.04 Å². The maximum absolute atomic E-state index is 13.8. The Morgan fingerprint density at radius 2 is 1.94 bits per heavy atom. The molecular formula is C14H20F2N2. The highest BCUT2D eigenvalue weighted by Crippen LogP contribution is 2.33. The van der Waals surface area contributed by atoms with Crippen LogP contribution < -0.4 is 5.73 Å². The summed E-state index contributed by atoms with van der Waals surface area (Å²) >= 11 is 0. The topological polar surface area (TPSA) is 29.3 Å². The number of benzene rings is 1. The van der Waals surface area contributed by atoms with Crippen LogP contribution in [-0.4, -0.2) is 24.5 Å². The van der Waals surface area contributed by atoms with E-state index in [9.17, 15) is 8.78 Å². The molecule has 2 N–H and O–H groups in total. The van der Waals surface area contributed by atoms with Gasteiger partial charge >= 0.3 is 0 Å². The maximum Gasteiger partial charge on any atom is 0.130 e. The van der Waals surface area contributed by atoms with Gasteiger partial charge in [0.15, 0.2) is 0 Å². The van der Waals surface area contributed by atoms with Crippen molar-refractivity contribution in [2.75, 3.05) is 19.6 Å². The number of rotatable bonds is 6. The van der Waals surface area contributed by atoms with E-state index in [4.69, 9.17) is 5.73 Å². The number of halogens is 2. The monoisotopic (exact) mass is 254 g/mol. The van der Waals surface area contributed by atoms with Crippen molar-refractivity contribution in [1.29, 1.82) is 0 Å². The second-order valence-electron chi connectivity index (χ2n) is 4.92. The van der Waals surface area contributed by atoms with Crippen molar-refractivity contribution >= 4 is 0 Å². The van der Waals surface area contributed by atoms with E-state index in [2.05, 4.69) is 4.90 Å². The minimum atomic E-state index is -0.500. The minimum Gasteiger partial charge on any atom is -0.329 e. The molecule has 4 heteroatoms. The van der Waals surface area contributed by atoms with Crippen molar-refractivity contribution in [3.8, 4) is 0 Å². The average Bonchev–Trinajstić information content (AvgIpc) is 3.15. The lowest BCUT2D eigenvalue weighted by atomic mass is 10.0. The maximum atomic E-state index is 13.8. The standard InChI is InChI=1S/C14H20F2N2/c1-2-18(9-10-6-7-10)13(8-17)14-11(15)4-3-5-12(14)16/h3-5,10,13H,2,6-9,17H2,1H3. The van der Waals surface area contributed by atoms with E-state index in [0.29, 0.717) is 5.92 Å². The van der Waals surface area contributed by atoms with Crippen LogP contribution in [0.2, 0.25) is 0 Å². The van der Waals surface area contributed by atoms with Crippen molar-refractivity contribution in [3.63, 3.8) is 0 Å². The average molecular weight is 254 g/mol. The molecule has 1 aromatic carbocycles. The molecule has 1 aromatic rings. The highest BCUT2D eigenvalue weighted by Gasteiger charge is 2.29. The highest BCUT2D eigenvalue weighted by molar-refractivity contribution is 5.24. The van der Waals surface area contributed by atoms with Gasteiger partial charge in [0, 0.05) is 18.7 Å². The summed E-state index contributed by atoms with van der Waals surface area (Å²) in [5, 5.41) is 0. The third-order valence-electron chi connectivity index (χ3n) is 3.59. The Labute approximate surface area is 107 Å². The molecule has 0 aliphatic heterocycles. The fourth-order valence-corrected chi connectivity index (χ4v) is 2.39. The summed E-state index contributed by atoms with van der Waals surface area (Å²) < 4.78 is 27.6. The molecule has 0 amide bonds. The predicted molar refractivity (Wildman–Crippen MR) is 68.1 cm³/mol. The number of likely N-dealkylation sites (N-methyl/N-ethyl adjacent to an activating group) is 1. The lowest BCUT2D eigenvalue weighted by Gasteiger charge is -2.30. The van der Waals surface area contributed by atoms with Crippen molar-refractivity contribution in [2.24, 2.45) is 11.7 Å². The Balaban J connectivity index is 2.24. The summed E-state index contributed by atoms with van der Waals surface area (Å²) in [7, 11) is 0. The Morgan fingerprint density at radius 1 is 1.33 bits per heavy atom. The SMILES string of the molecule is CCN(CC1CC1)C(CN)c1c(F)cccc1F. The van der Waals surface area contributed by atoms with Crippen LogP contribution in [0.5, 0.6) is 0 Å². The van der Waals surface area contributed by atoms with Crippen molar-refractivity contribution in [3.05, 3.63) is 35.4 Å². The molecule has 0 saturated heterocycles. The zero-order chi connectivity index (χ0) is 13.1. The number of nitrogens with zero attached hydrogens (tertiary/aromatic N) is 1. The molecule has 0 aromatic heterocycles. The summed E-state index contributed by atoms with van der Waals surface area (Å²) in [5.74, 6) is -0.326. The fraction of sp³-hybridized carbons (Fsp3) is 0.571. The molecule has 0 bridgehead atoms. The van der Waals surface area contributed by atoms with Gasteiger partial charge in [-0.05, 0) is 37.4 Å². The van der Waals surface area contributed by atoms with Crippen molar-refractivity contribution < 1.29 is 8.78 Å². The first-order valence-electron chi connectivity index (χ1n) is 6.55. The van der Waals surface area contributed by atoms with Crippen LogP contribution in [0.4, 0.5) is 8.78 Å². The van der Waals surface area contributed by atoms with Gasteiger partial charge in [-0.3, -0.25) is 4.90 Å². The molecule has 1 aliphatic rings. The van der Waals surface area contributed by atoms with Gasteiger partial charge in [-0.2, -0.15) is 0 Å². The van der Waals surface area contributed by atoms with E-state index >= 15 is 0 Å². The van der Waals surface area contributed by atoms with Crippen LogP contribution in [0.15, 0.2) is 18.2 Å². The predicted octanol–water partition coefficient (Wildman–Crippen LogP) is 2.70. The molecule has 1 atom stereocenters. The third kappa shape index (κ3) is 2.87. The van der Waals surface area contributed by atoms with Gasteiger partial charge in [0.2, 0.25) is 0 Å². The Kier molecular flexibility index (Phi) is 4.30. The highest BCUT2D eigenvalue weighted by atomic mass is 19.1. The minimum absolute atomic E-state index is 0.113. The zero-order valence-corrected chi connectivity index (χ0v) is 10.7. The Morgan fingerprint density at radius 3 is 2.39 bits per heavy atom. The quantitative estimate of drug-likeness (QED) is 0.845. The molecule has 1 aliphatic carbocycles. The molecule has 2 rings (SSSR count). The van der Waals surface area contributed by atoms with Crippen LogP contribution in [-0.2, 0) is 0 Å². The van der Waals surface area contributed by atoms with Gasteiger partial charge in [-0.15, -0.1) is 0 Å². The van der Waals surface area contributed by atoms with Gasteiger partial charge in [0.1, 0.15) is 11.6 Å². The molecule has 1 fully saturated rings. The van der Waals surface area contributed by atoms with Crippen molar-refractivity contribution in [1.82, 2.24) is 4.90 Å². The van der Waals surface area contributed by atoms with E-state index < -0.39 is 11.6 Å². The molecular weight excluding hydrogens is 234 g/mol. The normalized spacial score (nSPS) is 17.2. The molecule has 0 heterocycles. The van der Waals surface area contributed by atoms with E-state index in [1.165, 1.54) is 31.0 Å². The van der Waals surface area contributed by atoms with E-state index in [-0.39, 0.29) is 18.2 Å². The van der Waals surface area contributed by atoms with Gasteiger partial charge in [0.25, 0.3) is 0 Å². The molecule has 2 nitrogen and oxygen atoms in total. The summed E-state index contributed by atoms with van der Waals surface area (Å²) in [4.78, 5) is 2.08. The summed E-state index contributed by atoms with van der Waals surface area (Å²) in [6.45, 7) is 3.88. The van der Waals surface area contributed by atoms with Crippen LogP contribution in [0.25, 0.3) is 0 Å². The van der Waals surface area contributed by atoms with Crippen molar-refractivity contribution in [2.45, 2.75) is 25.8 Å². The second kappa shape index (κ2) is 5.76. The summed E-state index contributed by atoms with van der Waals surface area (Å²) in [6, 6.07) is 3.62. The fourth-order valence-electron chi connectivity index (χ4n) is 2.39. The van der Waals surface area contributed by atoms with Crippen LogP contribution in [0.1, 0.15) is 31.4 Å². The molecule has 0 radical (unpaired) electrons. The lowest BCUT2D eigenvalue weighted by Crippen LogP contribution is -2.36. The zero-order valence-electron chi connectivity index (χ0n) is 10.7. The van der Waals surface area contributed by atoms with Crippen LogP contribution in [0, 0.1) is 17.6 Å². The van der Waals surface area contributed by atoms with E-state index in [1.54, 1.807) is 0 Å². The summed E-state index contributed by atoms with van der Waals surface area (Å²) in [6.07, 6.45) is 2.43. The molecule has 1 unspecified atom stereocenters. The van der Waals surface area contributed by atoms with Gasteiger partial charge in [-0.1, -0.05) is 13.0 Å². The number of hydrogen-bond donors (Lipinski definition) is 1. The third-order valence-corrected chi connectivity index (χ3v) is 3.59. The van der Waals surface area contributed by atoms with Gasteiger partial charge in [-0.25, -0.2) is 8.78 Å². The first-order valence-corrected chi connectivity index (χ1v) is 6.55. The van der Waals surface area contributed by atoms with E-state index in [1.807, 2.05) is 6.92 Å². The second-order valence-corrected chi connectivity index (χ2v) is 4.92. The first kappa shape index (κ1) is 13.4. The first-order chi connectivity index (χ1) is 8.67. The van der Waals surface area contributed by atoms with Crippen LogP contribution in [0.3, 0.4) is 0 Å². The molecule has 0 spiro atoms. The Bertz CT molecular complexity index is 385. The van der Waals surface area contributed by atoms with Crippen LogP contribution >= 0.6 is 0 Å². The summed E-state index contributed by atoms with van der Waals surface area (Å²) in [5.41, 5.74) is 5.85. The number of nitrogens with two attached hydrogens (primary N) is 1. The largest absolute Gasteiger partial charge is 0.329 e. The van der Waals surface area contributed by atoms with Gasteiger partial charge < -0.3 is 5.73 Å².